The van der Waals surface area contributed by atoms with Crippen LogP contribution in [0.1, 0.15) is 6.92 Å². The van der Waals surface area contributed by atoms with Crippen molar-refractivity contribution in [3.05, 3.63) is 12.7 Å². The van der Waals surface area contributed by atoms with Gasteiger partial charge in [0.1, 0.15) is 0 Å². The van der Waals surface area contributed by atoms with E-state index in [9.17, 15) is 10.2 Å². The number of nitrogen functional groups attached to an aromatic ring is 1. The van der Waals surface area contributed by atoms with Crippen LogP contribution < -0.4 is 5.73 Å². The van der Waals surface area contributed by atoms with Crippen LogP contribution in [0.2, 0.25) is 4.82 Å². The Morgan fingerprint density at radius 2 is 2.25 bits per heavy atom. The summed E-state index contributed by atoms with van der Waals surface area (Å²) in [6.45, 7) is 1.53. The fourth-order valence-corrected chi connectivity index (χ4v) is 3.19. The molecular weight excluding hydrogens is 329 g/mol. The third-order valence-electron chi connectivity index (χ3n) is 3.63. The van der Waals surface area contributed by atoms with Crippen LogP contribution >= 0.6 is 0 Å². The molecule has 1 aliphatic rings. The Kier molecular flexibility index (Phi) is 3.18. The van der Waals surface area contributed by atoms with Crippen molar-refractivity contribution in [2.45, 2.75) is 29.7 Å². The molecule has 2 aromatic rings. The molecule has 8 nitrogen and oxygen atoms in total. The van der Waals surface area contributed by atoms with Crippen molar-refractivity contribution in [1.82, 2.24) is 19.5 Å². The molecule has 1 fully saturated rings. The fraction of sp³-hybridized carbons (Fsp3) is 0.545. The summed E-state index contributed by atoms with van der Waals surface area (Å²) in [6.07, 6.45) is 1.42. The molecule has 0 aliphatic carbocycles. The first kappa shape index (κ1) is 13.7. The molecule has 0 bridgehead atoms. The first-order valence-electron chi connectivity index (χ1n) is 6.05. The quantitative estimate of drug-likeness (QED) is 0.586. The van der Waals surface area contributed by atoms with E-state index in [2.05, 4.69) is 31.0 Å². The van der Waals surface area contributed by atoms with Gasteiger partial charge in [-0.3, -0.25) is 0 Å². The molecule has 3 rings (SSSR count). The van der Waals surface area contributed by atoms with Crippen molar-refractivity contribution in [3.63, 3.8) is 0 Å². The number of anilines is 1. The minimum atomic E-state index is -0.914. The van der Waals surface area contributed by atoms with E-state index in [1.807, 2.05) is 0 Å². The molecule has 20 heavy (non-hydrogen) atoms. The van der Waals surface area contributed by atoms with Crippen molar-refractivity contribution in [2.24, 2.45) is 0 Å². The number of hydrogen-bond donors (Lipinski definition) is 3. The zero-order valence-corrected chi connectivity index (χ0v) is 12.4. The van der Waals surface area contributed by atoms with Gasteiger partial charge in [0.05, 0.1) is 0 Å². The summed E-state index contributed by atoms with van der Waals surface area (Å²) in [5.41, 5.74) is 5.85. The first-order chi connectivity index (χ1) is 9.49. The summed E-state index contributed by atoms with van der Waals surface area (Å²) in [5.74, 6) is 0.284. The van der Waals surface area contributed by atoms with Gasteiger partial charge in [-0.05, 0) is 0 Å². The summed E-state index contributed by atoms with van der Waals surface area (Å²) in [4.78, 5) is 11.9. The average Bonchev–Trinajstić information content (AvgIpc) is 2.96. The van der Waals surface area contributed by atoms with Crippen LogP contribution in [0.5, 0.6) is 0 Å². The monoisotopic (exact) mass is 344 g/mol. The zero-order chi connectivity index (χ0) is 14.5. The van der Waals surface area contributed by atoms with E-state index in [4.69, 9.17) is 10.5 Å². The molecule has 4 atom stereocenters. The van der Waals surface area contributed by atoms with Gasteiger partial charge in [0.15, 0.2) is 0 Å². The molecule has 9 heteroatoms. The van der Waals surface area contributed by atoms with Crippen molar-refractivity contribution >= 4 is 33.0 Å². The summed E-state index contributed by atoms with van der Waals surface area (Å²) >= 11 is 2.90. The maximum absolute atomic E-state index is 10.1. The van der Waals surface area contributed by atoms with Crippen molar-refractivity contribution in [1.29, 1.82) is 0 Å². The molecule has 1 saturated heterocycles. The Morgan fingerprint density at radius 1 is 1.50 bits per heavy atom. The van der Waals surface area contributed by atoms with E-state index in [-0.39, 0.29) is 17.2 Å². The number of rotatable bonds is 2. The van der Waals surface area contributed by atoms with Crippen LogP contribution in [0, 0.1) is 0 Å². The number of aliphatic hydroxyl groups is 2. The second-order valence-electron chi connectivity index (χ2n) is 4.85. The van der Waals surface area contributed by atoms with Crippen molar-refractivity contribution in [2.75, 3.05) is 12.3 Å². The van der Waals surface area contributed by atoms with Gasteiger partial charge < -0.3 is 0 Å². The van der Waals surface area contributed by atoms with Gasteiger partial charge in [0.25, 0.3) is 0 Å². The van der Waals surface area contributed by atoms with Gasteiger partial charge >= 0.3 is 122 Å². The third-order valence-corrected chi connectivity index (χ3v) is 5.13. The summed E-state index contributed by atoms with van der Waals surface area (Å²) in [7, 11) is 0. The third kappa shape index (κ3) is 1.75. The van der Waals surface area contributed by atoms with Crippen LogP contribution in [0.4, 0.5) is 5.82 Å². The van der Waals surface area contributed by atoms with Gasteiger partial charge in [0, 0.05) is 0 Å². The molecule has 0 unspecified atom stereocenters. The van der Waals surface area contributed by atoms with Gasteiger partial charge in [-0.1, -0.05) is 0 Å². The number of imidazole rings is 1. The zero-order valence-electron chi connectivity index (χ0n) is 10.7. The van der Waals surface area contributed by atoms with E-state index >= 15 is 0 Å². The Hall–Kier alpha value is -1.25. The van der Waals surface area contributed by atoms with Crippen molar-refractivity contribution in [3.8, 4) is 0 Å². The molecule has 0 spiro atoms. The van der Waals surface area contributed by atoms with Gasteiger partial charge in [-0.2, -0.15) is 0 Å². The SMILES string of the molecule is C[C@@]1(n2cnc3c(N)ncnc32)O[C@H](CO)[C@@H](O)[C@H]1[Se]. The normalized spacial score (nSPS) is 33.9. The standard InChI is InChI=1S/C11H14N5O3Se/c1-11(8(20)7(18)5(2-17)19-11)16-4-15-6-9(12)13-3-14-10(6)16/h3-5,7-8,17-18H,2H2,1H3,(H2,12,13,14)/t5-,7-,8-,11-/m1/s1. The Labute approximate surface area is 122 Å². The molecule has 4 N–H and O–H groups in total. The predicted octanol–water partition coefficient (Wildman–Crippen LogP) is -1.21. The fourth-order valence-electron chi connectivity index (χ4n) is 2.47. The molecule has 3 heterocycles. The average molecular weight is 343 g/mol. The number of aromatic nitrogens is 4. The summed E-state index contributed by atoms with van der Waals surface area (Å²) in [5, 5.41) is 19.4. The molecule has 0 saturated carbocycles. The van der Waals surface area contributed by atoms with Gasteiger partial charge in [0.2, 0.25) is 0 Å². The van der Waals surface area contributed by atoms with Crippen molar-refractivity contribution < 1.29 is 14.9 Å². The molecule has 0 aromatic carbocycles. The Morgan fingerprint density at radius 3 is 2.90 bits per heavy atom. The molecule has 107 valence electrons. The van der Waals surface area contributed by atoms with Crippen LogP contribution in [-0.2, 0) is 10.5 Å². The van der Waals surface area contributed by atoms with Crippen LogP contribution in [0.3, 0.4) is 0 Å². The second kappa shape index (κ2) is 4.64. The minimum absolute atomic E-state index is 0.265. The first-order valence-corrected chi connectivity index (χ1v) is 7.04. The summed E-state index contributed by atoms with van der Waals surface area (Å²) < 4.78 is 7.50. The molecular formula is C11H14N5O3Se. The molecule has 2 aromatic heterocycles. The van der Waals surface area contributed by atoms with Crippen LogP contribution in [0.15, 0.2) is 12.7 Å². The van der Waals surface area contributed by atoms with E-state index in [1.54, 1.807) is 17.8 Å². The topological polar surface area (TPSA) is 119 Å². The molecule has 0 amide bonds. The van der Waals surface area contributed by atoms with Gasteiger partial charge in [-0.25, -0.2) is 0 Å². The maximum atomic E-state index is 10.1. The molecule has 1 aliphatic heterocycles. The van der Waals surface area contributed by atoms with Crippen LogP contribution in [0.25, 0.3) is 11.2 Å². The van der Waals surface area contributed by atoms with Crippen LogP contribution in [-0.4, -0.2) is 64.6 Å². The Bertz CT molecular complexity index is 650. The molecule has 1 radical (unpaired) electrons. The Balaban J connectivity index is 2.13. The van der Waals surface area contributed by atoms with E-state index in [0.29, 0.717) is 11.2 Å². The van der Waals surface area contributed by atoms with E-state index in [1.165, 1.54) is 6.33 Å². The number of hydrogen-bond acceptors (Lipinski definition) is 7. The summed E-state index contributed by atoms with van der Waals surface area (Å²) in [6, 6.07) is 0. The number of fused-ring (bicyclic) bond motifs is 1. The number of nitrogens with two attached hydrogens (primary N) is 1. The predicted molar refractivity (Wildman–Crippen MR) is 70.9 cm³/mol. The number of ether oxygens (including phenoxy) is 1. The van der Waals surface area contributed by atoms with Gasteiger partial charge in [-0.15, -0.1) is 0 Å². The number of aliphatic hydroxyl groups excluding tert-OH is 2. The van der Waals surface area contributed by atoms with E-state index in [0.717, 1.165) is 0 Å². The van der Waals surface area contributed by atoms with E-state index < -0.39 is 17.9 Å². The number of nitrogens with zero attached hydrogens (tertiary/aromatic N) is 4. The second-order valence-corrected chi connectivity index (χ2v) is 5.92.